The first-order valence-corrected chi connectivity index (χ1v) is 6.09. The molecule has 0 fully saturated rings. The van der Waals surface area contributed by atoms with Gasteiger partial charge in [-0.2, -0.15) is 5.26 Å². The highest BCUT2D eigenvalue weighted by Gasteiger charge is 2.05. The van der Waals surface area contributed by atoms with E-state index in [1.165, 1.54) is 18.2 Å². The second-order valence-electron chi connectivity index (χ2n) is 3.47. The summed E-state index contributed by atoms with van der Waals surface area (Å²) in [6.45, 7) is 0. The fourth-order valence-corrected chi connectivity index (χ4v) is 2.01. The minimum absolute atomic E-state index is 0.0111. The third-order valence-electron chi connectivity index (χ3n) is 2.13. The van der Waals surface area contributed by atoms with Gasteiger partial charge >= 0.3 is 0 Å². The van der Waals surface area contributed by atoms with E-state index in [-0.39, 0.29) is 5.02 Å². The Kier molecular flexibility index (Phi) is 3.85. The predicted octanol–water partition coefficient (Wildman–Crippen LogP) is 4.91. The van der Waals surface area contributed by atoms with Gasteiger partial charge in [-0.05, 0) is 30.3 Å². The Morgan fingerprint density at radius 2 is 1.94 bits per heavy atom. The van der Waals surface area contributed by atoms with Gasteiger partial charge in [0.2, 0.25) is 0 Å². The summed E-state index contributed by atoms with van der Waals surface area (Å²) in [6, 6.07) is 11.0. The predicted molar refractivity (Wildman–Crippen MR) is 70.3 cm³/mol. The van der Waals surface area contributed by atoms with Gasteiger partial charge < -0.3 is 4.74 Å². The highest BCUT2D eigenvalue weighted by Crippen LogP contribution is 2.28. The summed E-state index contributed by atoms with van der Waals surface area (Å²) in [7, 11) is 0. The van der Waals surface area contributed by atoms with Crippen molar-refractivity contribution in [2.75, 3.05) is 0 Å². The number of halogens is 3. The average molecular weight is 327 g/mol. The van der Waals surface area contributed by atoms with Gasteiger partial charge in [-0.3, -0.25) is 0 Å². The number of hydrogen-bond donors (Lipinski definition) is 0. The molecular weight excluding hydrogens is 321 g/mol. The lowest BCUT2D eigenvalue weighted by molar-refractivity contribution is 0.480. The van der Waals surface area contributed by atoms with E-state index in [2.05, 4.69) is 15.9 Å². The number of nitrogens with zero attached hydrogens (tertiary/aromatic N) is 1. The van der Waals surface area contributed by atoms with Crippen LogP contribution >= 0.6 is 27.5 Å². The summed E-state index contributed by atoms with van der Waals surface area (Å²) in [6.07, 6.45) is 0. The molecule has 0 atom stereocenters. The summed E-state index contributed by atoms with van der Waals surface area (Å²) in [5, 5.41) is 8.82. The Morgan fingerprint density at radius 1 is 1.17 bits per heavy atom. The standard InChI is InChI=1S/C13H6BrClFNO/c14-9-3-8(7-17)4-11(5-9)18-10-1-2-13(16)12(15)6-10/h1-6H. The zero-order valence-electron chi connectivity index (χ0n) is 8.95. The molecule has 0 unspecified atom stereocenters. The molecule has 0 N–H and O–H groups in total. The number of hydrogen-bond acceptors (Lipinski definition) is 2. The molecule has 2 aromatic carbocycles. The molecule has 18 heavy (non-hydrogen) atoms. The Labute approximate surface area is 117 Å². The molecule has 0 aromatic heterocycles. The van der Waals surface area contributed by atoms with Crippen molar-refractivity contribution in [1.82, 2.24) is 0 Å². The van der Waals surface area contributed by atoms with Gasteiger partial charge in [-0.1, -0.05) is 27.5 Å². The molecule has 0 aliphatic heterocycles. The van der Waals surface area contributed by atoms with Crippen LogP contribution < -0.4 is 4.74 Å². The van der Waals surface area contributed by atoms with E-state index in [4.69, 9.17) is 21.6 Å². The molecule has 0 saturated carbocycles. The number of benzene rings is 2. The Bertz CT molecular complexity index is 639. The van der Waals surface area contributed by atoms with E-state index < -0.39 is 5.82 Å². The van der Waals surface area contributed by atoms with E-state index >= 15 is 0 Å². The number of nitriles is 1. The van der Waals surface area contributed by atoms with Crippen molar-refractivity contribution in [3.05, 3.63) is 57.3 Å². The summed E-state index contributed by atoms with van der Waals surface area (Å²) < 4.78 is 19.2. The monoisotopic (exact) mass is 325 g/mol. The zero-order valence-corrected chi connectivity index (χ0v) is 11.3. The van der Waals surface area contributed by atoms with Crippen LogP contribution in [0.4, 0.5) is 4.39 Å². The second kappa shape index (κ2) is 5.38. The minimum atomic E-state index is -0.504. The lowest BCUT2D eigenvalue weighted by Gasteiger charge is -2.07. The molecule has 2 aromatic rings. The molecule has 2 nitrogen and oxygen atoms in total. The van der Waals surface area contributed by atoms with Crippen molar-refractivity contribution in [2.24, 2.45) is 0 Å². The first-order valence-electron chi connectivity index (χ1n) is 4.92. The van der Waals surface area contributed by atoms with Crippen molar-refractivity contribution in [1.29, 1.82) is 5.26 Å². The van der Waals surface area contributed by atoms with Crippen molar-refractivity contribution in [3.63, 3.8) is 0 Å². The molecular formula is C13H6BrClFNO. The van der Waals surface area contributed by atoms with Crippen LogP contribution in [0.25, 0.3) is 0 Å². The first-order chi connectivity index (χ1) is 8.58. The van der Waals surface area contributed by atoms with E-state index in [1.807, 2.05) is 6.07 Å². The molecule has 0 aliphatic rings. The quantitative estimate of drug-likeness (QED) is 0.786. The Balaban J connectivity index is 2.31. The van der Waals surface area contributed by atoms with Crippen LogP contribution in [-0.4, -0.2) is 0 Å². The van der Waals surface area contributed by atoms with Crippen molar-refractivity contribution >= 4 is 27.5 Å². The van der Waals surface area contributed by atoms with Gasteiger partial charge in [-0.15, -0.1) is 0 Å². The maximum Gasteiger partial charge on any atom is 0.142 e. The fourth-order valence-electron chi connectivity index (χ4n) is 1.36. The molecule has 0 spiro atoms. The van der Waals surface area contributed by atoms with Gasteiger partial charge in [0.25, 0.3) is 0 Å². The molecule has 5 heteroatoms. The maximum atomic E-state index is 13.0. The molecule has 0 saturated heterocycles. The summed E-state index contributed by atoms with van der Waals surface area (Å²) in [4.78, 5) is 0. The maximum absolute atomic E-state index is 13.0. The molecule has 0 radical (unpaired) electrons. The largest absolute Gasteiger partial charge is 0.457 e. The molecule has 0 bridgehead atoms. The molecule has 0 heterocycles. The van der Waals surface area contributed by atoms with E-state index in [0.29, 0.717) is 17.1 Å². The topological polar surface area (TPSA) is 33.0 Å². The number of rotatable bonds is 2. The smallest absolute Gasteiger partial charge is 0.142 e. The second-order valence-corrected chi connectivity index (χ2v) is 4.79. The minimum Gasteiger partial charge on any atom is -0.457 e. The van der Waals surface area contributed by atoms with Gasteiger partial charge in [0.15, 0.2) is 0 Å². The van der Waals surface area contributed by atoms with Gasteiger partial charge in [-0.25, -0.2) is 4.39 Å². The van der Waals surface area contributed by atoms with Crippen LogP contribution in [0.15, 0.2) is 40.9 Å². The Morgan fingerprint density at radius 3 is 2.61 bits per heavy atom. The normalized spacial score (nSPS) is 9.89. The summed E-state index contributed by atoms with van der Waals surface area (Å²) in [5.74, 6) is 0.378. The third-order valence-corrected chi connectivity index (χ3v) is 2.87. The SMILES string of the molecule is N#Cc1cc(Br)cc(Oc2ccc(F)c(Cl)c2)c1. The highest BCUT2D eigenvalue weighted by molar-refractivity contribution is 9.10. The fraction of sp³-hybridized carbons (Fsp3) is 0. The van der Waals surface area contributed by atoms with Crippen LogP contribution in [0.3, 0.4) is 0 Å². The van der Waals surface area contributed by atoms with Gasteiger partial charge in [0.05, 0.1) is 16.7 Å². The third kappa shape index (κ3) is 3.00. The highest BCUT2D eigenvalue weighted by atomic mass is 79.9. The molecule has 0 aliphatic carbocycles. The lowest BCUT2D eigenvalue weighted by atomic mass is 10.2. The van der Waals surface area contributed by atoms with Crippen LogP contribution in [0.5, 0.6) is 11.5 Å². The lowest BCUT2D eigenvalue weighted by Crippen LogP contribution is -1.87. The zero-order chi connectivity index (χ0) is 13.1. The van der Waals surface area contributed by atoms with Crippen LogP contribution in [0.1, 0.15) is 5.56 Å². The van der Waals surface area contributed by atoms with Gasteiger partial charge in [0, 0.05) is 10.5 Å². The van der Waals surface area contributed by atoms with Gasteiger partial charge in [0.1, 0.15) is 17.3 Å². The van der Waals surface area contributed by atoms with E-state index in [1.54, 1.807) is 18.2 Å². The van der Waals surface area contributed by atoms with Crippen LogP contribution in [0.2, 0.25) is 5.02 Å². The average Bonchev–Trinajstić information content (AvgIpc) is 2.33. The van der Waals surface area contributed by atoms with Crippen molar-refractivity contribution in [2.45, 2.75) is 0 Å². The molecule has 0 amide bonds. The van der Waals surface area contributed by atoms with Crippen LogP contribution in [0, 0.1) is 17.1 Å². The van der Waals surface area contributed by atoms with E-state index in [0.717, 1.165) is 4.47 Å². The number of ether oxygens (including phenoxy) is 1. The molecule has 2 rings (SSSR count). The first kappa shape index (κ1) is 12.9. The Hall–Kier alpha value is -1.57. The van der Waals surface area contributed by atoms with Crippen molar-refractivity contribution < 1.29 is 9.13 Å². The van der Waals surface area contributed by atoms with Crippen LogP contribution in [-0.2, 0) is 0 Å². The summed E-state index contributed by atoms with van der Waals surface area (Å²) in [5.41, 5.74) is 0.465. The molecule has 90 valence electrons. The van der Waals surface area contributed by atoms with Crippen molar-refractivity contribution in [3.8, 4) is 17.6 Å². The summed E-state index contributed by atoms with van der Waals surface area (Å²) >= 11 is 8.93. The van der Waals surface area contributed by atoms with E-state index in [9.17, 15) is 4.39 Å².